The van der Waals surface area contributed by atoms with Gasteiger partial charge < -0.3 is 19.7 Å². The third-order valence-electron chi connectivity index (χ3n) is 6.25. The van der Waals surface area contributed by atoms with Crippen molar-refractivity contribution in [3.63, 3.8) is 0 Å². The van der Waals surface area contributed by atoms with E-state index in [2.05, 4.69) is 26.8 Å². The van der Waals surface area contributed by atoms with Crippen molar-refractivity contribution in [1.29, 1.82) is 0 Å². The number of ether oxygens (including phenoxy) is 2. The number of carbonyl (C=O) groups is 1. The minimum Gasteiger partial charge on any atom is -0.481 e. The van der Waals surface area contributed by atoms with E-state index in [-0.39, 0.29) is 17.9 Å². The second kappa shape index (κ2) is 10.6. The van der Waals surface area contributed by atoms with Crippen LogP contribution in [0.4, 0.5) is 0 Å². The first-order valence-electron chi connectivity index (χ1n) is 10.7. The van der Waals surface area contributed by atoms with Gasteiger partial charge in [0.1, 0.15) is 0 Å². The van der Waals surface area contributed by atoms with Crippen LogP contribution in [0.3, 0.4) is 0 Å². The van der Waals surface area contributed by atoms with Gasteiger partial charge in [0.25, 0.3) is 0 Å². The molecule has 0 aromatic carbocycles. The van der Waals surface area contributed by atoms with Crippen LogP contribution in [0.2, 0.25) is 0 Å². The molecule has 5 nitrogen and oxygen atoms in total. The Hall–Kier alpha value is -0.910. The van der Waals surface area contributed by atoms with Crippen molar-refractivity contribution in [1.82, 2.24) is 0 Å². The number of carboxylic acids is 1. The molecule has 156 valence electrons. The van der Waals surface area contributed by atoms with Gasteiger partial charge in [0, 0.05) is 25.6 Å². The number of carboxylic acid groups (broad SMARTS) is 1. The van der Waals surface area contributed by atoms with Crippen molar-refractivity contribution >= 4 is 5.97 Å². The van der Waals surface area contributed by atoms with E-state index in [4.69, 9.17) is 14.6 Å². The minimum absolute atomic E-state index is 0.103. The maximum absolute atomic E-state index is 10.6. The first-order chi connectivity index (χ1) is 12.8. The molecule has 27 heavy (non-hydrogen) atoms. The Labute approximate surface area is 164 Å². The fourth-order valence-corrected chi connectivity index (χ4v) is 4.38. The van der Waals surface area contributed by atoms with Crippen molar-refractivity contribution in [3.8, 4) is 0 Å². The van der Waals surface area contributed by atoms with E-state index < -0.39 is 12.1 Å². The summed E-state index contributed by atoms with van der Waals surface area (Å²) in [6.07, 6.45) is 11.5. The number of hydrogen-bond acceptors (Lipinski definition) is 4. The van der Waals surface area contributed by atoms with Crippen LogP contribution >= 0.6 is 0 Å². The second-order valence-corrected chi connectivity index (χ2v) is 8.85. The van der Waals surface area contributed by atoms with Gasteiger partial charge in [0.2, 0.25) is 0 Å². The number of hydrogen-bond donors (Lipinski definition) is 2. The Bertz CT molecular complexity index is 487. The Balaban J connectivity index is 1.82. The molecule has 0 aromatic rings. The summed E-state index contributed by atoms with van der Waals surface area (Å²) in [7, 11) is 0. The SMILES string of the molecule is CCCCC(C)(C)C(O)C=C[C@H]1[C@@H](CCOCCCC(=O)O)[C@H]2CC[C@@H]1O2. The molecule has 0 spiro atoms. The smallest absolute Gasteiger partial charge is 0.303 e. The van der Waals surface area contributed by atoms with E-state index in [9.17, 15) is 9.90 Å². The summed E-state index contributed by atoms with van der Waals surface area (Å²) in [6, 6.07) is 0. The largest absolute Gasteiger partial charge is 0.481 e. The summed E-state index contributed by atoms with van der Waals surface area (Å²) >= 11 is 0. The van der Waals surface area contributed by atoms with Crippen molar-refractivity contribution in [2.75, 3.05) is 13.2 Å². The van der Waals surface area contributed by atoms with Crippen LogP contribution in [0.15, 0.2) is 12.2 Å². The van der Waals surface area contributed by atoms with Crippen LogP contribution in [0.5, 0.6) is 0 Å². The molecule has 5 atom stereocenters. The molecule has 2 fully saturated rings. The van der Waals surface area contributed by atoms with Crippen LogP contribution in [-0.2, 0) is 14.3 Å². The molecule has 2 bridgehead atoms. The monoisotopic (exact) mass is 382 g/mol. The summed E-state index contributed by atoms with van der Waals surface area (Å²) in [6.45, 7) is 7.60. The van der Waals surface area contributed by atoms with Gasteiger partial charge in [-0.05, 0) is 43.4 Å². The topological polar surface area (TPSA) is 76.0 Å². The molecule has 0 amide bonds. The van der Waals surface area contributed by atoms with Crippen molar-refractivity contribution in [2.24, 2.45) is 17.3 Å². The Morgan fingerprint density at radius 3 is 2.70 bits per heavy atom. The Morgan fingerprint density at radius 2 is 2.00 bits per heavy atom. The fraction of sp³-hybridized carbons (Fsp3) is 0.864. The van der Waals surface area contributed by atoms with Gasteiger partial charge in [0.05, 0.1) is 18.3 Å². The predicted octanol–water partition coefficient (Wildman–Crippen LogP) is 4.19. The van der Waals surface area contributed by atoms with E-state index in [0.717, 1.165) is 38.5 Å². The average molecular weight is 383 g/mol. The highest BCUT2D eigenvalue weighted by atomic mass is 16.5. The molecule has 0 aliphatic carbocycles. The van der Waals surface area contributed by atoms with E-state index in [1.54, 1.807) is 0 Å². The summed E-state index contributed by atoms with van der Waals surface area (Å²) in [5, 5.41) is 19.3. The molecule has 2 saturated heterocycles. The quantitative estimate of drug-likeness (QED) is 0.369. The number of aliphatic hydroxyl groups excluding tert-OH is 1. The summed E-state index contributed by atoms with van der Waals surface area (Å²) < 4.78 is 11.8. The Morgan fingerprint density at radius 1 is 1.26 bits per heavy atom. The lowest BCUT2D eigenvalue weighted by Gasteiger charge is -2.30. The van der Waals surface area contributed by atoms with Gasteiger partial charge in [-0.15, -0.1) is 0 Å². The maximum Gasteiger partial charge on any atom is 0.303 e. The fourth-order valence-electron chi connectivity index (χ4n) is 4.38. The summed E-state index contributed by atoms with van der Waals surface area (Å²) in [5.41, 5.74) is -0.103. The zero-order valence-electron chi connectivity index (χ0n) is 17.2. The zero-order chi connectivity index (χ0) is 19.9. The average Bonchev–Trinajstić information content (AvgIpc) is 3.22. The molecule has 2 aliphatic rings. The third-order valence-corrected chi connectivity index (χ3v) is 6.25. The first kappa shape index (κ1) is 22.4. The number of unbranched alkanes of at least 4 members (excludes halogenated alkanes) is 1. The van der Waals surface area contributed by atoms with E-state index >= 15 is 0 Å². The van der Waals surface area contributed by atoms with Gasteiger partial charge in [0.15, 0.2) is 0 Å². The van der Waals surface area contributed by atoms with Crippen LogP contribution in [0.25, 0.3) is 0 Å². The second-order valence-electron chi connectivity index (χ2n) is 8.85. The minimum atomic E-state index is -0.772. The molecule has 0 saturated carbocycles. The van der Waals surface area contributed by atoms with Crippen molar-refractivity contribution in [3.05, 3.63) is 12.2 Å². The van der Waals surface area contributed by atoms with Gasteiger partial charge in [-0.3, -0.25) is 4.79 Å². The molecular formula is C22H38O5. The molecule has 2 rings (SSSR count). The Kier molecular flexibility index (Phi) is 8.77. The molecule has 5 heteroatoms. The van der Waals surface area contributed by atoms with E-state index in [1.807, 2.05) is 6.08 Å². The molecule has 2 aliphatic heterocycles. The van der Waals surface area contributed by atoms with Crippen molar-refractivity contribution in [2.45, 2.75) is 90.4 Å². The van der Waals surface area contributed by atoms with Gasteiger partial charge in [-0.25, -0.2) is 0 Å². The summed E-state index contributed by atoms with van der Waals surface area (Å²) in [4.78, 5) is 10.5. The molecule has 2 heterocycles. The maximum atomic E-state index is 10.6. The van der Waals surface area contributed by atoms with Crippen LogP contribution < -0.4 is 0 Å². The van der Waals surface area contributed by atoms with Gasteiger partial charge >= 0.3 is 5.97 Å². The van der Waals surface area contributed by atoms with Crippen LogP contribution in [-0.4, -0.2) is 47.7 Å². The summed E-state index contributed by atoms with van der Waals surface area (Å²) in [5.74, 6) is 0.0131. The highest BCUT2D eigenvalue weighted by Gasteiger charge is 2.47. The molecule has 0 radical (unpaired) electrons. The number of aliphatic carboxylic acids is 1. The predicted molar refractivity (Wildman–Crippen MR) is 106 cm³/mol. The normalized spacial score (nSPS) is 28.9. The highest BCUT2D eigenvalue weighted by molar-refractivity contribution is 5.66. The number of rotatable bonds is 13. The standard InChI is InChI=1S/C22H38O5/c1-4-5-13-22(2,3)20(23)11-8-16-17(19-10-9-18(16)27-19)12-15-26-14-6-7-21(24)25/h8,11,16-20,23H,4-7,9-10,12-15H2,1-3H3,(H,24,25)/t16-,17+,18-,19+,20?/m0/s1. The lowest BCUT2D eigenvalue weighted by Crippen LogP contribution is -2.30. The molecule has 1 unspecified atom stereocenters. The lowest BCUT2D eigenvalue weighted by atomic mass is 9.76. The molecule has 0 aromatic heterocycles. The molecular weight excluding hydrogens is 344 g/mol. The number of fused-ring (bicyclic) bond motifs is 2. The van der Waals surface area contributed by atoms with Crippen LogP contribution in [0, 0.1) is 17.3 Å². The lowest BCUT2D eigenvalue weighted by molar-refractivity contribution is -0.137. The van der Waals surface area contributed by atoms with Gasteiger partial charge in [-0.2, -0.15) is 0 Å². The van der Waals surface area contributed by atoms with Crippen molar-refractivity contribution < 1.29 is 24.5 Å². The highest BCUT2D eigenvalue weighted by Crippen LogP contribution is 2.46. The van der Waals surface area contributed by atoms with E-state index in [1.165, 1.54) is 0 Å². The number of aliphatic hydroxyl groups is 1. The van der Waals surface area contributed by atoms with E-state index in [0.29, 0.717) is 37.6 Å². The molecule has 2 N–H and O–H groups in total. The first-order valence-corrected chi connectivity index (χ1v) is 10.7. The zero-order valence-corrected chi connectivity index (χ0v) is 17.2. The third kappa shape index (κ3) is 6.58. The van der Waals surface area contributed by atoms with Gasteiger partial charge in [-0.1, -0.05) is 45.8 Å². The van der Waals surface area contributed by atoms with Crippen LogP contribution in [0.1, 0.15) is 72.1 Å².